The van der Waals surface area contributed by atoms with Crippen LogP contribution in [0.4, 0.5) is 0 Å². The van der Waals surface area contributed by atoms with Gasteiger partial charge in [-0.05, 0) is 52.3 Å². The normalized spacial score (nSPS) is 11.0. The van der Waals surface area contributed by atoms with Crippen LogP contribution in [0.5, 0.6) is 11.5 Å². The van der Waals surface area contributed by atoms with Crippen LogP contribution in [0.15, 0.2) is 54.9 Å². The topological polar surface area (TPSA) is 90.1 Å². The summed E-state index contributed by atoms with van der Waals surface area (Å²) in [6.45, 7) is 1.30. The molecule has 28 heavy (non-hydrogen) atoms. The smallest absolute Gasteiger partial charge is 0.308 e. The van der Waals surface area contributed by atoms with Gasteiger partial charge < -0.3 is 13.9 Å². The highest BCUT2D eigenvalue weighted by Gasteiger charge is 2.13. The number of benzene rings is 2. The fourth-order valence-corrected chi connectivity index (χ4v) is 3.19. The molecule has 0 radical (unpaired) electrons. The lowest BCUT2D eigenvalue weighted by Gasteiger charge is -2.10. The molecule has 0 saturated carbocycles. The van der Waals surface area contributed by atoms with E-state index in [2.05, 4.69) is 42.4 Å². The number of esters is 1. The SMILES string of the molecule is COc1cc(/C=N/NC(=O)c2cc3cc(Br)ccc3o2)c(Br)cc1OC(C)=O. The minimum absolute atomic E-state index is 0.145. The van der Waals surface area contributed by atoms with Gasteiger partial charge in [0, 0.05) is 26.8 Å². The van der Waals surface area contributed by atoms with Crippen LogP contribution in [0.25, 0.3) is 11.0 Å². The molecule has 0 unspecified atom stereocenters. The van der Waals surface area contributed by atoms with Crippen LogP contribution in [-0.2, 0) is 4.79 Å². The molecule has 144 valence electrons. The Morgan fingerprint density at radius 3 is 2.64 bits per heavy atom. The average Bonchev–Trinajstić information content (AvgIpc) is 3.06. The molecule has 0 spiro atoms. The minimum Gasteiger partial charge on any atom is -0.493 e. The van der Waals surface area contributed by atoms with Crippen LogP contribution in [0.2, 0.25) is 0 Å². The highest BCUT2D eigenvalue weighted by atomic mass is 79.9. The maximum Gasteiger partial charge on any atom is 0.308 e. The van der Waals surface area contributed by atoms with E-state index in [0.717, 1.165) is 9.86 Å². The van der Waals surface area contributed by atoms with Crippen LogP contribution in [0, 0.1) is 0 Å². The van der Waals surface area contributed by atoms with Gasteiger partial charge in [-0.1, -0.05) is 15.9 Å². The number of nitrogens with zero attached hydrogens (tertiary/aromatic N) is 1. The predicted molar refractivity (Wildman–Crippen MR) is 111 cm³/mol. The Morgan fingerprint density at radius 1 is 1.14 bits per heavy atom. The minimum atomic E-state index is -0.483. The van der Waals surface area contributed by atoms with Gasteiger partial charge in [-0.2, -0.15) is 5.10 Å². The van der Waals surface area contributed by atoms with E-state index in [1.807, 2.05) is 12.1 Å². The van der Waals surface area contributed by atoms with Gasteiger partial charge in [0.15, 0.2) is 17.3 Å². The first kappa shape index (κ1) is 20.1. The quantitative estimate of drug-likeness (QED) is 0.234. The third-order valence-corrected chi connectivity index (χ3v) is 4.79. The van der Waals surface area contributed by atoms with Crippen molar-refractivity contribution in [2.75, 3.05) is 7.11 Å². The summed E-state index contributed by atoms with van der Waals surface area (Å²) in [5.74, 6) is -0.169. The van der Waals surface area contributed by atoms with E-state index in [4.69, 9.17) is 13.9 Å². The molecule has 0 aliphatic rings. The number of rotatable bonds is 5. The molecule has 0 aliphatic heterocycles. The molecule has 9 heteroatoms. The highest BCUT2D eigenvalue weighted by molar-refractivity contribution is 9.10. The van der Waals surface area contributed by atoms with Crippen molar-refractivity contribution in [3.8, 4) is 11.5 Å². The Balaban J connectivity index is 1.75. The second-order valence-electron chi connectivity index (χ2n) is 5.61. The Kier molecular flexibility index (Phi) is 6.15. The van der Waals surface area contributed by atoms with Gasteiger partial charge >= 0.3 is 11.9 Å². The molecular weight excluding hydrogens is 496 g/mol. The van der Waals surface area contributed by atoms with Crippen molar-refractivity contribution in [3.05, 3.63) is 56.7 Å². The lowest BCUT2D eigenvalue weighted by molar-refractivity contribution is -0.132. The fraction of sp³-hybridized carbons (Fsp3) is 0.105. The van der Waals surface area contributed by atoms with Gasteiger partial charge in [0.05, 0.1) is 13.3 Å². The third kappa shape index (κ3) is 4.60. The highest BCUT2D eigenvalue weighted by Crippen LogP contribution is 2.33. The summed E-state index contributed by atoms with van der Waals surface area (Å²) < 4.78 is 17.3. The van der Waals surface area contributed by atoms with E-state index < -0.39 is 11.9 Å². The summed E-state index contributed by atoms with van der Waals surface area (Å²) in [5.41, 5.74) is 3.63. The first-order valence-corrected chi connectivity index (χ1v) is 9.54. The zero-order valence-corrected chi connectivity index (χ0v) is 18.0. The molecule has 3 rings (SSSR count). The number of carbonyl (C=O) groups is 2. The molecule has 2 aromatic carbocycles. The third-order valence-electron chi connectivity index (χ3n) is 3.61. The summed E-state index contributed by atoms with van der Waals surface area (Å²) in [4.78, 5) is 23.4. The number of fused-ring (bicyclic) bond motifs is 1. The maximum atomic E-state index is 12.2. The first-order valence-electron chi connectivity index (χ1n) is 7.96. The summed E-state index contributed by atoms with van der Waals surface area (Å²) in [7, 11) is 1.46. The molecule has 1 N–H and O–H groups in total. The second kappa shape index (κ2) is 8.57. The zero-order chi connectivity index (χ0) is 20.3. The van der Waals surface area contributed by atoms with Gasteiger partial charge in [0.1, 0.15) is 5.58 Å². The van der Waals surface area contributed by atoms with Crippen molar-refractivity contribution in [2.24, 2.45) is 5.10 Å². The Hall–Kier alpha value is -2.65. The van der Waals surface area contributed by atoms with Gasteiger partial charge in [-0.25, -0.2) is 5.43 Å². The monoisotopic (exact) mass is 508 g/mol. The molecule has 3 aromatic rings. The number of nitrogens with one attached hydrogen (secondary N) is 1. The van der Waals surface area contributed by atoms with Gasteiger partial charge in [-0.15, -0.1) is 0 Å². The van der Waals surface area contributed by atoms with Crippen LogP contribution < -0.4 is 14.9 Å². The van der Waals surface area contributed by atoms with Crippen LogP contribution in [0.3, 0.4) is 0 Å². The lowest BCUT2D eigenvalue weighted by atomic mass is 10.2. The summed E-state index contributed by atoms with van der Waals surface area (Å²) >= 11 is 6.74. The largest absolute Gasteiger partial charge is 0.493 e. The summed E-state index contributed by atoms with van der Waals surface area (Å²) in [6.07, 6.45) is 1.43. The number of hydrogen-bond acceptors (Lipinski definition) is 6. The van der Waals surface area contributed by atoms with Crippen LogP contribution in [0.1, 0.15) is 23.0 Å². The van der Waals surface area contributed by atoms with Crippen molar-refractivity contribution in [1.82, 2.24) is 5.43 Å². The van der Waals surface area contributed by atoms with Crippen molar-refractivity contribution < 1.29 is 23.5 Å². The number of carbonyl (C=O) groups excluding carboxylic acids is 2. The molecule has 0 bridgehead atoms. The van der Waals surface area contributed by atoms with E-state index in [1.54, 1.807) is 24.3 Å². The van der Waals surface area contributed by atoms with Crippen molar-refractivity contribution in [2.45, 2.75) is 6.92 Å². The van der Waals surface area contributed by atoms with Crippen molar-refractivity contribution in [1.29, 1.82) is 0 Å². The van der Waals surface area contributed by atoms with E-state index in [0.29, 0.717) is 21.4 Å². The Bertz CT molecular complexity index is 1090. The number of furan rings is 1. The molecule has 0 saturated heterocycles. The van der Waals surface area contributed by atoms with E-state index in [9.17, 15) is 9.59 Å². The number of halogens is 2. The average molecular weight is 510 g/mol. The van der Waals surface area contributed by atoms with Crippen molar-refractivity contribution in [3.63, 3.8) is 0 Å². The molecular formula is C19H14Br2N2O5. The van der Waals surface area contributed by atoms with Gasteiger partial charge in [0.2, 0.25) is 0 Å². The Morgan fingerprint density at radius 2 is 1.93 bits per heavy atom. The molecule has 1 aromatic heterocycles. The number of ether oxygens (including phenoxy) is 2. The maximum absolute atomic E-state index is 12.2. The fourth-order valence-electron chi connectivity index (χ4n) is 2.39. The molecule has 7 nitrogen and oxygen atoms in total. The van der Waals surface area contributed by atoms with Crippen molar-refractivity contribution >= 4 is 60.9 Å². The van der Waals surface area contributed by atoms with Gasteiger partial charge in [0.25, 0.3) is 0 Å². The van der Waals surface area contributed by atoms with Crippen LogP contribution >= 0.6 is 31.9 Å². The number of methoxy groups -OCH3 is 1. The number of hydrogen-bond donors (Lipinski definition) is 1. The zero-order valence-electron chi connectivity index (χ0n) is 14.8. The molecule has 0 aliphatic carbocycles. The predicted octanol–water partition coefficient (Wildman–Crippen LogP) is 4.66. The van der Waals surface area contributed by atoms with Gasteiger partial charge in [-0.3, -0.25) is 9.59 Å². The number of hydrazone groups is 1. The summed E-state index contributed by atoms with van der Waals surface area (Å²) in [5, 5.41) is 4.75. The molecule has 0 atom stereocenters. The van der Waals surface area contributed by atoms with E-state index in [-0.39, 0.29) is 11.5 Å². The number of amides is 1. The Labute approximate surface area is 176 Å². The summed E-state index contributed by atoms with van der Waals surface area (Å²) in [6, 6.07) is 10.3. The molecule has 0 fully saturated rings. The molecule has 1 amide bonds. The standard InChI is InChI=1S/C19H14Br2N2O5/c1-10(24)27-17-8-14(21)12(7-16(17)26-2)9-22-23-19(25)18-6-11-5-13(20)3-4-15(11)28-18/h3-9H,1-2H3,(H,23,25)/b22-9+. The van der Waals surface area contributed by atoms with E-state index >= 15 is 0 Å². The van der Waals surface area contributed by atoms with E-state index in [1.165, 1.54) is 20.2 Å². The first-order chi connectivity index (χ1) is 13.4. The lowest BCUT2D eigenvalue weighted by Crippen LogP contribution is -2.16. The van der Waals surface area contributed by atoms with Crippen LogP contribution in [-0.4, -0.2) is 25.2 Å². The second-order valence-corrected chi connectivity index (χ2v) is 7.38. The molecule has 1 heterocycles.